The Morgan fingerprint density at radius 2 is 1.70 bits per heavy atom. The number of carbonyl (C=O) groups excluding carboxylic acids is 1. The molecule has 0 amide bonds. The van der Waals surface area contributed by atoms with Gasteiger partial charge >= 0.3 is 5.97 Å². The Morgan fingerprint density at radius 3 is 2.27 bits per heavy atom. The van der Waals surface area contributed by atoms with E-state index in [1.165, 1.54) is 0 Å². The highest BCUT2D eigenvalue weighted by Crippen LogP contribution is 2.34. The van der Waals surface area contributed by atoms with Crippen LogP contribution in [0.3, 0.4) is 0 Å². The van der Waals surface area contributed by atoms with Crippen molar-refractivity contribution in [1.82, 2.24) is 4.57 Å². The van der Waals surface area contributed by atoms with E-state index in [-0.39, 0.29) is 6.61 Å². The summed E-state index contributed by atoms with van der Waals surface area (Å²) in [4.78, 5) is 12.5. The number of hydrogen-bond donors (Lipinski definition) is 0. The minimum Gasteiger partial charge on any atom is -0.497 e. The van der Waals surface area contributed by atoms with Gasteiger partial charge in [0.15, 0.2) is 0 Å². The van der Waals surface area contributed by atoms with Gasteiger partial charge in [0, 0.05) is 18.3 Å². The first-order chi connectivity index (χ1) is 14.5. The van der Waals surface area contributed by atoms with Crippen LogP contribution in [0.5, 0.6) is 5.75 Å². The average molecular weight is 405 g/mol. The Balaban J connectivity index is 0.00000155. The molecule has 1 heterocycles. The van der Waals surface area contributed by atoms with Gasteiger partial charge in [-0.25, -0.2) is 4.79 Å². The van der Waals surface area contributed by atoms with E-state index >= 15 is 0 Å². The second-order valence-corrected chi connectivity index (χ2v) is 6.38. The topological polar surface area (TPSA) is 64.2 Å². The van der Waals surface area contributed by atoms with Gasteiger partial charge in [-0.05, 0) is 42.7 Å². The maximum Gasteiger partial charge on any atom is 0.355 e. The lowest BCUT2D eigenvalue weighted by atomic mass is 9.97. The van der Waals surface area contributed by atoms with E-state index in [2.05, 4.69) is 6.07 Å². The predicted molar refractivity (Wildman–Crippen MR) is 120 cm³/mol. The highest BCUT2D eigenvalue weighted by atomic mass is 16.5. The van der Waals surface area contributed by atoms with Gasteiger partial charge in [-0.15, -0.1) is 0 Å². The minimum absolute atomic E-state index is 0.277. The number of carbonyl (C=O) groups is 1. The summed E-state index contributed by atoms with van der Waals surface area (Å²) >= 11 is 0. The van der Waals surface area contributed by atoms with Crippen LogP contribution in [0, 0.1) is 18.3 Å². The molecule has 5 nitrogen and oxygen atoms in total. The number of esters is 1. The normalized spacial score (nSPS) is 9.90. The van der Waals surface area contributed by atoms with E-state index in [4.69, 9.17) is 9.47 Å². The fraction of sp³-hybridized carbons (Fsp3) is 0.280. The molecule has 0 spiro atoms. The van der Waals surface area contributed by atoms with Crippen molar-refractivity contribution < 1.29 is 14.3 Å². The molecule has 30 heavy (non-hydrogen) atoms. The van der Waals surface area contributed by atoms with Crippen LogP contribution in [-0.2, 0) is 11.8 Å². The molecule has 0 saturated heterocycles. The Kier molecular flexibility index (Phi) is 7.83. The molecule has 0 bridgehead atoms. The summed E-state index contributed by atoms with van der Waals surface area (Å²) < 4.78 is 12.2. The van der Waals surface area contributed by atoms with Gasteiger partial charge < -0.3 is 14.0 Å². The molecule has 0 radical (unpaired) electrons. The van der Waals surface area contributed by atoms with E-state index in [1.807, 2.05) is 69.3 Å². The molecule has 3 aromatic rings. The van der Waals surface area contributed by atoms with Gasteiger partial charge in [-0.3, -0.25) is 0 Å². The van der Waals surface area contributed by atoms with Crippen molar-refractivity contribution in [3.63, 3.8) is 0 Å². The second kappa shape index (κ2) is 10.3. The molecule has 0 aliphatic heterocycles. The van der Waals surface area contributed by atoms with Crippen molar-refractivity contribution in [1.29, 1.82) is 5.26 Å². The lowest BCUT2D eigenvalue weighted by Crippen LogP contribution is -2.11. The SMILES string of the molecule is CC.CCOC(=O)c1c(-c2ccc(-c3cccc(OC)c3)cc2)c(C#N)c(C)n1C. The molecular formula is C25H28N2O3. The molecule has 1 aromatic heterocycles. The number of aromatic nitrogens is 1. The monoisotopic (exact) mass is 404 g/mol. The van der Waals surface area contributed by atoms with Crippen molar-refractivity contribution in [2.75, 3.05) is 13.7 Å². The fourth-order valence-corrected chi connectivity index (χ4v) is 3.29. The van der Waals surface area contributed by atoms with Gasteiger partial charge in [0.05, 0.1) is 19.3 Å². The lowest BCUT2D eigenvalue weighted by molar-refractivity contribution is 0.0516. The molecule has 0 aliphatic rings. The molecule has 0 unspecified atom stereocenters. The quantitative estimate of drug-likeness (QED) is 0.508. The second-order valence-electron chi connectivity index (χ2n) is 6.38. The van der Waals surface area contributed by atoms with Gasteiger partial charge in [-0.1, -0.05) is 50.2 Å². The Bertz CT molecular complexity index is 1060. The maximum atomic E-state index is 12.5. The zero-order chi connectivity index (χ0) is 22.3. The molecule has 0 saturated carbocycles. The summed E-state index contributed by atoms with van der Waals surface area (Å²) in [6, 6.07) is 17.8. The number of nitrogens with zero attached hydrogens (tertiary/aromatic N) is 2. The molecular weight excluding hydrogens is 376 g/mol. The minimum atomic E-state index is -0.429. The van der Waals surface area contributed by atoms with Crippen LogP contribution in [0.4, 0.5) is 0 Å². The van der Waals surface area contributed by atoms with Gasteiger partial charge in [0.2, 0.25) is 0 Å². The highest BCUT2D eigenvalue weighted by Gasteiger charge is 2.25. The standard InChI is InChI=1S/C23H22N2O3.C2H6/c1-5-28-23(26)22-21(20(14-24)15(2)25(22)3)17-11-9-16(10-12-17)18-7-6-8-19(13-18)27-4;1-2/h6-13H,5H2,1-4H3;1-2H3. The molecule has 156 valence electrons. The molecule has 0 atom stereocenters. The van der Waals surface area contributed by atoms with Crippen molar-refractivity contribution >= 4 is 5.97 Å². The third kappa shape index (κ3) is 4.38. The first kappa shape index (κ1) is 22.8. The Hall–Kier alpha value is -3.52. The first-order valence-corrected chi connectivity index (χ1v) is 10.0. The smallest absolute Gasteiger partial charge is 0.355 e. The van der Waals surface area contributed by atoms with Crippen molar-refractivity contribution in [2.45, 2.75) is 27.7 Å². The van der Waals surface area contributed by atoms with Crippen LogP contribution in [0.25, 0.3) is 22.3 Å². The third-order valence-electron chi connectivity index (χ3n) is 4.84. The fourth-order valence-electron chi connectivity index (χ4n) is 3.29. The van der Waals surface area contributed by atoms with Crippen molar-refractivity contribution in [3.8, 4) is 34.1 Å². The van der Waals surface area contributed by atoms with Gasteiger partial charge in [0.25, 0.3) is 0 Å². The number of hydrogen-bond acceptors (Lipinski definition) is 4. The number of benzene rings is 2. The van der Waals surface area contributed by atoms with E-state index in [9.17, 15) is 10.1 Å². The van der Waals surface area contributed by atoms with Crippen LogP contribution >= 0.6 is 0 Å². The molecule has 3 rings (SSSR count). The van der Waals surface area contributed by atoms with E-state index in [1.54, 1.807) is 25.6 Å². The van der Waals surface area contributed by atoms with Crippen LogP contribution < -0.4 is 4.74 Å². The van der Waals surface area contributed by atoms with Crippen LogP contribution in [0.15, 0.2) is 48.5 Å². The van der Waals surface area contributed by atoms with Crippen molar-refractivity contribution in [2.24, 2.45) is 7.05 Å². The maximum absolute atomic E-state index is 12.5. The summed E-state index contributed by atoms with van der Waals surface area (Å²) in [6.45, 7) is 7.87. The highest BCUT2D eigenvalue weighted by molar-refractivity contribution is 5.98. The Morgan fingerprint density at radius 1 is 1.07 bits per heavy atom. The van der Waals surface area contributed by atoms with Crippen molar-refractivity contribution in [3.05, 3.63) is 65.5 Å². The van der Waals surface area contributed by atoms with Gasteiger partial charge in [-0.2, -0.15) is 5.26 Å². The summed E-state index contributed by atoms with van der Waals surface area (Å²) in [5.74, 6) is 0.359. The largest absolute Gasteiger partial charge is 0.497 e. The van der Waals surface area contributed by atoms with E-state index in [0.29, 0.717) is 16.8 Å². The van der Waals surface area contributed by atoms with Crippen LogP contribution in [-0.4, -0.2) is 24.3 Å². The molecule has 2 aromatic carbocycles. The zero-order valence-corrected chi connectivity index (χ0v) is 18.4. The third-order valence-corrected chi connectivity index (χ3v) is 4.84. The van der Waals surface area contributed by atoms with Gasteiger partial charge in [0.1, 0.15) is 17.5 Å². The number of methoxy groups -OCH3 is 1. The summed E-state index contributed by atoms with van der Waals surface area (Å²) in [5, 5.41) is 9.67. The molecule has 5 heteroatoms. The lowest BCUT2D eigenvalue weighted by Gasteiger charge is -2.09. The predicted octanol–water partition coefficient (Wildman–Crippen LogP) is 5.75. The molecule has 0 N–H and O–H groups in total. The summed E-state index contributed by atoms with van der Waals surface area (Å²) in [5.41, 5.74) is 5.07. The van der Waals surface area contributed by atoms with Crippen LogP contribution in [0.2, 0.25) is 0 Å². The first-order valence-electron chi connectivity index (χ1n) is 10.0. The Labute approximate surface area is 178 Å². The number of rotatable bonds is 5. The van der Waals surface area contributed by atoms with E-state index < -0.39 is 5.97 Å². The summed E-state index contributed by atoms with van der Waals surface area (Å²) in [6.07, 6.45) is 0. The molecule has 0 aliphatic carbocycles. The molecule has 0 fully saturated rings. The number of nitriles is 1. The van der Waals surface area contributed by atoms with Crippen LogP contribution in [0.1, 0.15) is 42.5 Å². The van der Waals surface area contributed by atoms with E-state index in [0.717, 1.165) is 28.1 Å². The zero-order valence-electron chi connectivity index (χ0n) is 18.4. The average Bonchev–Trinajstić information content (AvgIpc) is 3.05. The number of ether oxygens (including phenoxy) is 2. The summed E-state index contributed by atoms with van der Waals surface area (Å²) in [7, 11) is 3.41.